The lowest BCUT2D eigenvalue weighted by atomic mass is 9.91. The van der Waals surface area contributed by atoms with Crippen LogP contribution in [-0.2, 0) is 24.2 Å². The van der Waals surface area contributed by atoms with Crippen molar-refractivity contribution < 1.29 is 4.79 Å². The molecule has 2 aliphatic heterocycles. The summed E-state index contributed by atoms with van der Waals surface area (Å²) in [4.78, 5) is 26.1. The highest BCUT2D eigenvalue weighted by atomic mass is 35.5. The van der Waals surface area contributed by atoms with Crippen molar-refractivity contribution in [3.8, 4) is 10.6 Å². The van der Waals surface area contributed by atoms with Crippen LogP contribution >= 0.6 is 22.9 Å². The lowest BCUT2D eigenvalue weighted by Crippen LogP contribution is -2.55. The van der Waals surface area contributed by atoms with Crippen LogP contribution in [-0.4, -0.2) is 76.8 Å². The second kappa shape index (κ2) is 9.57. The molecule has 166 valence electrons. The number of aromatic nitrogens is 1. The molecule has 31 heavy (non-hydrogen) atoms. The van der Waals surface area contributed by atoms with Crippen LogP contribution in [0.15, 0.2) is 24.3 Å². The largest absolute Gasteiger partial charge is 0.339 e. The Kier molecular flexibility index (Phi) is 6.60. The standard InChI is InChI=1S/C24H31ClN4OS/c25-10-8-18-4-6-19(7-5-18)24-26-21-9-11-27(16-22(21)31-24)17-23(30)29-14-12-28(13-15-29)20-2-1-3-20/h4-7,20H,1-3,8-17H2. The van der Waals surface area contributed by atoms with Gasteiger partial charge in [0.2, 0.25) is 5.91 Å². The van der Waals surface area contributed by atoms with E-state index >= 15 is 0 Å². The van der Waals surface area contributed by atoms with E-state index in [1.807, 2.05) is 0 Å². The number of carbonyl (C=O) groups excluding carboxylic acids is 1. The minimum absolute atomic E-state index is 0.288. The number of alkyl halides is 1. The fraction of sp³-hybridized carbons (Fsp3) is 0.583. The van der Waals surface area contributed by atoms with E-state index in [9.17, 15) is 4.79 Å². The van der Waals surface area contributed by atoms with Crippen molar-refractivity contribution in [2.24, 2.45) is 0 Å². The van der Waals surface area contributed by atoms with E-state index in [1.54, 1.807) is 11.3 Å². The van der Waals surface area contributed by atoms with E-state index in [1.165, 1.54) is 41.0 Å². The van der Waals surface area contributed by atoms with Crippen LogP contribution < -0.4 is 0 Å². The van der Waals surface area contributed by atoms with Gasteiger partial charge in [0, 0.05) is 68.1 Å². The summed E-state index contributed by atoms with van der Waals surface area (Å²) in [6, 6.07) is 9.38. The quantitative estimate of drug-likeness (QED) is 0.619. The van der Waals surface area contributed by atoms with Crippen LogP contribution in [0.3, 0.4) is 0 Å². The van der Waals surface area contributed by atoms with E-state index in [-0.39, 0.29) is 5.91 Å². The van der Waals surface area contributed by atoms with Gasteiger partial charge in [-0.1, -0.05) is 30.7 Å². The molecule has 1 amide bonds. The molecule has 1 aliphatic carbocycles. The van der Waals surface area contributed by atoms with Gasteiger partial charge in [0.25, 0.3) is 0 Å². The Hall–Kier alpha value is -1.47. The minimum Gasteiger partial charge on any atom is -0.339 e. The number of rotatable bonds is 6. The topological polar surface area (TPSA) is 39.7 Å². The van der Waals surface area contributed by atoms with Crippen molar-refractivity contribution in [2.75, 3.05) is 45.1 Å². The predicted molar refractivity (Wildman–Crippen MR) is 127 cm³/mol. The van der Waals surface area contributed by atoms with Crippen molar-refractivity contribution in [2.45, 2.75) is 44.7 Å². The van der Waals surface area contributed by atoms with Crippen molar-refractivity contribution in [1.29, 1.82) is 0 Å². The highest BCUT2D eigenvalue weighted by Crippen LogP contribution is 2.32. The Bertz CT molecular complexity index is 903. The Labute approximate surface area is 194 Å². The number of benzene rings is 1. The number of hydrogen-bond donors (Lipinski definition) is 0. The summed E-state index contributed by atoms with van der Waals surface area (Å²) >= 11 is 7.62. The molecule has 0 N–H and O–H groups in total. The molecule has 2 aromatic rings. The van der Waals surface area contributed by atoms with Gasteiger partial charge in [0.15, 0.2) is 0 Å². The highest BCUT2D eigenvalue weighted by molar-refractivity contribution is 7.15. The maximum atomic E-state index is 12.9. The van der Waals surface area contributed by atoms with Gasteiger partial charge in [-0.2, -0.15) is 0 Å². The number of piperazine rings is 1. The molecule has 3 aliphatic rings. The highest BCUT2D eigenvalue weighted by Gasteiger charge is 2.30. The van der Waals surface area contributed by atoms with Crippen molar-refractivity contribution in [1.82, 2.24) is 19.7 Å². The Morgan fingerprint density at radius 1 is 1.10 bits per heavy atom. The van der Waals surface area contributed by atoms with E-state index in [2.05, 4.69) is 39.0 Å². The zero-order valence-electron chi connectivity index (χ0n) is 18.1. The number of hydrogen-bond acceptors (Lipinski definition) is 5. The fourth-order valence-electron chi connectivity index (χ4n) is 4.81. The second-order valence-electron chi connectivity index (χ2n) is 8.99. The van der Waals surface area contributed by atoms with Crippen LogP contribution in [0.5, 0.6) is 0 Å². The van der Waals surface area contributed by atoms with E-state index in [4.69, 9.17) is 16.6 Å². The third kappa shape index (κ3) is 4.82. The molecular formula is C24H31ClN4OS. The first-order chi connectivity index (χ1) is 15.2. The van der Waals surface area contributed by atoms with Crippen LogP contribution in [0.2, 0.25) is 0 Å². The molecular weight excluding hydrogens is 428 g/mol. The van der Waals surface area contributed by atoms with E-state index < -0.39 is 0 Å². The molecule has 5 nitrogen and oxygen atoms in total. The summed E-state index contributed by atoms with van der Waals surface area (Å²) in [6.45, 7) is 6.15. The first-order valence-electron chi connectivity index (χ1n) is 11.6. The molecule has 0 unspecified atom stereocenters. The lowest BCUT2D eigenvalue weighted by Gasteiger charge is -2.43. The average Bonchev–Trinajstić information content (AvgIpc) is 3.17. The lowest BCUT2D eigenvalue weighted by molar-refractivity contribution is -0.135. The van der Waals surface area contributed by atoms with Gasteiger partial charge < -0.3 is 4.90 Å². The molecule has 3 heterocycles. The molecule has 0 bridgehead atoms. The van der Waals surface area contributed by atoms with Crippen molar-refractivity contribution in [3.05, 3.63) is 40.4 Å². The number of halogens is 1. The Morgan fingerprint density at radius 3 is 2.55 bits per heavy atom. The number of amides is 1. The third-order valence-corrected chi connectivity index (χ3v) is 8.33. The van der Waals surface area contributed by atoms with Crippen LogP contribution in [0, 0.1) is 0 Å². The van der Waals surface area contributed by atoms with Gasteiger partial charge in [-0.3, -0.25) is 14.6 Å². The molecule has 2 fully saturated rings. The summed E-state index contributed by atoms with van der Waals surface area (Å²) in [7, 11) is 0. The normalized spacial score (nSPS) is 20.5. The van der Waals surface area contributed by atoms with Gasteiger partial charge in [-0.15, -0.1) is 22.9 Å². The van der Waals surface area contributed by atoms with Gasteiger partial charge >= 0.3 is 0 Å². The van der Waals surface area contributed by atoms with Crippen LogP contribution in [0.1, 0.15) is 35.4 Å². The molecule has 1 saturated heterocycles. The molecule has 0 spiro atoms. The number of nitrogens with zero attached hydrogens (tertiary/aromatic N) is 4. The first-order valence-corrected chi connectivity index (χ1v) is 12.9. The molecule has 1 saturated carbocycles. The maximum Gasteiger partial charge on any atom is 0.236 e. The van der Waals surface area contributed by atoms with Gasteiger partial charge in [0.1, 0.15) is 5.01 Å². The number of carbonyl (C=O) groups is 1. The summed E-state index contributed by atoms with van der Waals surface area (Å²) in [5.41, 5.74) is 3.64. The Morgan fingerprint density at radius 2 is 1.87 bits per heavy atom. The molecule has 7 heteroatoms. The SMILES string of the molecule is O=C(CN1CCc2nc(-c3ccc(CCCl)cc3)sc2C1)N1CCN(C2CCC2)CC1. The number of fused-ring (bicyclic) bond motifs is 1. The molecule has 5 rings (SSSR count). The third-order valence-electron chi connectivity index (χ3n) is 7.01. The molecule has 0 atom stereocenters. The summed E-state index contributed by atoms with van der Waals surface area (Å²) in [5, 5.41) is 1.09. The summed E-state index contributed by atoms with van der Waals surface area (Å²) < 4.78 is 0. The second-order valence-corrected chi connectivity index (χ2v) is 10.4. The van der Waals surface area contributed by atoms with Crippen molar-refractivity contribution in [3.63, 3.8) is 0 Å². The first kappa shape index (κ1) is 21.4. The maximum absolute atomic E-state index is 12.9. The predicted octanol–water partition coefficient (Wildman–Crippen LogP) is 3.65. The monoisotopic (exact) mass is 458 g/mol. The van der Waals surface area contributed by atoms with Gasteiger partial charge in [0.05, 0.1) is 12.2 Å². The van der Waals surface area contributed by atoms with Crippen molar-refractivity contribution >= 4 is 28.8 Å². The smallest absolute Gasteiger partial charge is 0.236 e. The number of aryl methyl sites for hydroxylation is 1. The zero-order valence-corrected chi connectivity index (χ0v) is 19.6. The molecule has 1 aromatic carbocycles. The number of thiazole rings is 1. The van der Waals surface area contributed by atoms with Crippen LogP contribution in [0.25, 0.3) is 10.6 Å². The fourth-order valence-corrected chi connectivity index (χ4v) is 6.18. The zero-order chi connectivity index (χ0) is 21.2. The van der Waals surface area contributed by atoms with Crippen LogP contribution in [0.4, 0.5) is 0 Å². The molecule has 1 aromatic heterocycles. The van der Waals surface area contributed by atoms with Gasteiger partial charge in [-0.05, 0) is 24.8 Å². The van der Waals surface area contributed by atoms with E-state index in [0.717, 1.165) is 63.2 Å². The average molecular weight is 459 g/mol. The van der Waals surface area contributed by atoms with Gasteiger partial charge in [-0.25, -0.2) is 4.98 Å². The molecule has 0 radical (unpaired) electrons. The van der Waals surface area contributed by atoms with E-state index in [0.29, 0.717) is 12.4 Å². The summed E-state index contributed by atoms with van der Waals surface area (Å²) in [6.07, 6.45) is 5.89. The summed E-state index contributed by atoms with van der Waals surface area (Å²) in [5.74, 6) is 0.937. The minimum atomic E-state index is 0.288. The Balaban J connectivity index is 1.16.